The highest BCUT2D eigenvalue weighted by Gasteiger charge is 2.22. The van der Waals surface area contributed by atoms with Crippen molar-refractivity contribution in [1.29, 1.82) is 0 Å². The van der Waals surface area contributed by atoms with Gasteiger partial charge in [0.05, 0.1) is 4.90 Å². The highest BCUT2D eigenvalue weighted by molar-refractivity contribution is 7.91. The van der Waals surface area contributed by atoms with Crippen LogP contribution in [0.5, 0.6) is 5.75 Å². The maximum Gasteiger partial charge on any atom is 0.308 e. The van der Waals surface area contributed by atoms with Crippen LogP contribution in [0, 0.1) is 12.7 Å². The van der Waals surface area contributed by atoms with E-state index in [0.717, 1.165) is 11.6 Å². The molecule has 3 rings (SSSR count). The van der Waals surface area contributed by atoms with Crippen molar-refractivity contribution in [1.82, 2.24) is 0 Å². The van der Waals surface area contributed by atoms with Crippen molar-refractivity contribution < 1.29 is 22.3 Å². The molecule has 0 aliphatic rings. The van der Waals surface area contributed by atoms with Crippen LogP contribution in [0.2, 0.25) is 0 Å². The molecule has 0 bridgehead atoms. The minimum Gasteiger partial charge on any atom is -0.426 e. The summed E-state index contributed by atoms with van der Waals surface area (Å²) in [5, 5.41) is 0. The molecule has 138 valence electrons. The lowest BCUT2D eigenvalue weighted by molar-refractivity contribution is -0.131. The monoisotopic (exact) mass is 384 g/mol. The fraction of sp³-hybridized carbons (Fsp3) is 0.0952. The van der Waals surface area contributed by atoms with Gasteiger partial charge in [-0.15, -0.1) is 0 Å². The predicted octanol–water partition coefficient (Wildman–Crippen LogP) is 4.56. The summed E-state index contributed by atoms with van der Waals surface area (Å²) in [6.07, 6.45) is 0. The quantitative estimate of drug-likeness (QED) is 0.489. The predicted molar refractivity (Wildman–Crippen MR) is 99.8 cm³/mol. The largest absolute Gasteiger partial charge is 0.426 e. The molecule has 0 saturated carbocycles. The molecule has 0 spiro atoms. The number of hydrogen-bond acceptors (Lipinski definition) is 4. The van der Waals surface area contributed by atoms with Gasteiger partial charge in [-0.1, -0.05) is 35.9 Å². The average Bonchev–Trinajstić information content (AvgIpc) is 2.63. The van der Waals surface area contributed by atoms with Gasteiger partial charge in [-0.05, 0) is 48.9 Å². The van der Waals surface area contributed by atoms with Gasteiger partial charge in [-0.3, -0.25) is 4.79 Å². The number of benzene rings is 3. The van der Waals surface area contributed by atoms with Crippen molar-refractivity contribution in [2.24, 2.45) is 0 Å². The van der Waals surface area contributed by atoms with Crippen molar-refractivity contribution in [3.63, 3.8) is 0 Å². The van der Waals surface area contributed by atoms with Gasteiger partial charge in [0, 0.05) is 12.5 Å². The molecular formula is C21H17FO4S. The van der Waals surface area contributed by atoms with Gasteiger partial charge in [-0.25, -0.2) is 12.8 Å². The average molecular weight is 384 g/mol. The fourth-order valence-corrected chi connectivity index (χ4v) is 4.06. The van der Waals surface area contributed by atoms with Gasteiger partial charge in [-0.2, -0.15) is 0 Å². The Morgan fingerprint density at radius 3 is 2.30 bits per heavy atom. The van der Waals surface area contributed by atoms with E-state index < -0.39 is 26.5 Å². The highest BCUT2D eigenvalue weighted by Crippen LogP contribution is 2.34. The molecule has 3 aromatic carbocycles. The second kappa shape index (κ2) is 7.32. The van der Waals surface area contributed by atoms with E-state index in [1.165, 1.54) is 31.2 Å². The molecule has 6 heteroatoms. The SMILES string of the molecule is CC(=O)Oc1ccc(C)cc1-c1ccc(S(=O)(=O)c2ccccc2)c(F)c1. The number of aryl methyl sites for hydroxylation is 1. The molecule has 0 saturated heterocycles. The fourth-order valence-electron chi connectivity index (χ4n) is 2.73. The first kappa shape index (κ1) is 18.8. The zero-order valence-electron chi connectivity index (χ0n) is 14.8. The first-order valence-electron chi connectivity index (χ1n) is 8.18. The Balaban J connectivity index is 2.09. The van der Waals surface area contributed by atoms with Crippen LogP contribution < -0.4 is 4.74 Å². The Kier molecular flexibility index (Phi) is 5.10. The van der Waals surface area contributed by atoms with Crippen LogP contribution in [0.25, 0.3) is 11.1 Å². The number of halogens is 1. The molecule has 27 heavy (non-hydrogen) atoms. The Labute approximate surface area is 157 Å². The van der Waals surface area contributed by atoms with Crippen molar-refractivity contribution in [2.75, 3.05) is 0 Å². The Hall–Kier alpha value is -2.99. The number of carbonyl (C=O) groups excluding carboxylic acids is 1. The first-order chi connectivity index (χ1) is 12.8. The molecule has 0 atom stereocenters. The molecule has 0 heterocycles. The minimum absolute atomic E-state index is 0.0211. The maximum atomic E-state index is 14.7. The second-order valence-corrected chi connectivity index (χ2v) is 7.97. The molecule has 0 aromatic heterocycles. The summed E-state index contributed by atoms with van der Waals surface area (Å²) in [7, 11) is -3.97. The van der Waals surface area contributed by atoms with Crippen LogP contribution in [-0.2, 0) is 14.6 Å². The molecule has 4 nitrogen and oxygen atoms in total. The highest BCUT2D eigenvalue weighted by atomic mass is 32.2. The first-order valence-corrected chi connectivity index (χ1v) is 9.66. The molecule has 0 aliphatic heterocycles. The zero-order chi connectivity index (χ0) is 19.6. The van der Waals surface area contributed by atoms with E-state index >= 15 is 0 Å². The minimum atomic E-state index is -3.97. The Morgan fingerprint density at radius 2 is 1.67 bits per heavy atom. The summed E-state index contributed by atoms with van der Waals surface area (Å²) in [5.41, 5.74) is 1.81. The lowest BCUT2D eigenvalue weighted by Crippen LogP contribution is -2.05. The van der Waals surface area contributed by atoms with Gasteiger partial charge in [0.2, 0.25) is 9.84 Å². The molecule has 0 aliphatic carbocycles. The van der Waals surface area contributed by atoms with E-state index in [2.05, 4.69) is 0 Å². The van der Waals surface area contributed by atoms with Gasteiger partial charge in [0.1, 0.15) is 16.5 Å². The van der Waals surface area contributed by atoms with Gasteiger partial charge in [0.25, 0.3) is 0 Å². The number of rotatable bonds is 4. The Morgan fingerprint density at radius 1 is 0.963 bits per heavy atom. The van der Waals surface area contributed by atoms with E-state index in [4.69, 9.17) is 4.74 Å². The molecule has 0 radical (unpaired) electrons. The smallest absolute Gasteiger partial charge is 0.308 e. The molecule has 0 unspecified atom stereocenters. The number of sulfone groups is 1. The third kappa shape index (κ3) is 3.90. The third-order valence-electron chi connectivity index (χ3n) is 3.97. The molecule has 3 aromatic rings. The van der Waals surface area contributed by atoms with Gasteiger partial charge in [0.15, 0.2) is 0 Å². The summed E-state index contributed by atoms with van der Waals surface area (Å²) >= 11 is 0. The van der Waals surface area contributed by atoms with E-state index in [1.807, 2.05) is 6.92 Å². The van der Waals surface area contributed by atoms with Crippen molar-refractivity contribution in [3.8, 4) is 16.9 Å². The summed E-state index contributed by atoms with van der Waals surface area (Å²) in [6.45, 7) is 3.13. The zero-order valence-corrected chi connectivity index (χ0v) is 15.6. The number of hydrogen-bond donors (Lipinski definition) is 0. The molecular weight excluding hydrogens is 367 g/mol. The van der Waals surface area contributed by atoms with Gasteiger partial charge < -0.3 is 4.74 Å². The molecule has 0 N–H and O–H groups in total. The molecule has 0 amide bonds. The van der Waals surface area contributed by atoms with Crippen molar-refractivity contribution >= 4 is 15.8 Å². The normalized spacial score (nSPS) is 11.2. The third-order valence-corrected chi connectivity index (χ3v) is 5.78. The van der Waals surface area contributed by atoms with Crippen LogP contribution in [0.4, 0.5) is 4.39 Å². The second-order valence-electron chi connectivity index (χ2n) is 6.05. The maximum absolute atomic E-state index is 14.7. The van der Waals surface area contributed by atoms with Crippen LogP contribution in [0.1, 0.15) is 12.5 Å². The van der Waals surface area contributed by atoms with Crippen LogP contribution >= 0.6 is 0 Å². The summed E-state index contributed by atoms with van der Waals surface area (Å²) in [4.78, 5) is 10.9. The topological polar surface area (TPSA) is 60.4 Å². The summed E-state index contributed by atoms with van der Waals surface area (Å²) in [6, 6.07) is 16.7. The van der Waals surface area contributed by atoms with E-state index in [-0.39, 0.29) is 10.6 Å². The van der Waals surface area contributed by atoms with E-state index in [1.54, 1.807) is 36.4 Å². The van der Waals surface area contributed by atoms with E-state index in [9.17, 15) is 17.6 Å². The van der Waals surface area contributed by atoms with Crippen molar-refractivity contribution in [2.45, 2.75) is 23.6 Å². The number of esters is 1. The standard InChI is InChI=1S/C21H17FO4S/c1-14-8-10-20(26-15(2)23)18(12-14)16-9-11-21(19(22)13-16)27(24,25)17-6-4-3-5-7-17/h3-13H,1-2H3. The summed E-state index contributed by atoms with van der Waals surface area (Å²) in [5.74, 6) is -1.08. The lowest BCUT2D eigenvalue weighted by Gasteiger charge is -2.12. The lowest BCUT2D eigenvalue weighted by atomic mass is 10.0. The van der Waals surface area contributed by atoms with Gasteiger partial charge >= 0.3 is 5.97 Å². The Bertz CT molecular complexity index is 1110. The number of carbonyl (C=O) groups is 1. The van der Waals surface area contributed by atoms with Crippen LogP contribution in [-0.4, -0.2) is 14.4 Å². The number of ether oxygens (including phenoxy) is 1. The van der Waals surface area contributed by atoms with Crippen molar-refractivity contribution in [3.05, 3.63) is 78.1 Å². The van der Waals surface area contributed by atoms with Crippen LogP contribution in [0.3, 0.4) is 0 Å². The molecule has 0 fully saturated rings. The van der Waals surface area contributed by atoms with E-state index in [0.29, 0.717) is 11.1 Å². The summed E-state index contributed by atoms with van der Waals surface area (Å²) < 4.78 is 45.2. The van der Waals surface area contributed by atoms with Crippen LogP contribution in [0.15, 0.2) is 76.5 Å².